The first-order valence-corrected chi connectivity index (χ1v) is 11.4. The zero-order valence-electron chi connectivity index (χ0n) is 16.8. The third kappa shape index (κ3) is 6.37. The summed E-state index contributed by atoms with van der Waals surface area (Å²) >= 11 is 3.30. The van der Waals surface area contributed by atoms with Gasteiger partial charge in [0.15, 0.2) is 5.78 Å². The van der Waals surface area contributed by atoms with Gasteiger partial charge in [0.05, 0.1) is 18.8 Å². The van der Waals surface area contributed by atoms with E-state index in [1.54, 1.807) is 23.5 Å². The lowest BCUT2D eigenvalue weighted by Crippen LogP contribution is -2.54. The van der Waals surface area contributed by atoms with Crippen LogP contribution in [0.5, 0.6) is 0 Å². The number of Topliss-reactive ketones (excluding diaryl/α,β-unsaturated/α-hetero) is 1. The van der Waals surface area contributed by atoms with E-state index in [-0.39, 0.29) is 11.4 Å². The Hall–Kier alpha value is -1.28. The predicted octanol–water partition coefficient (Wildman–Crippen LogP) is 3.83. The highest BCUT2D eigenvalue weighted by Gasteiger charge is 2.35. The van der Waals surface area contributed by atoms with E-state index in [0.717, 1.165) is 29.3 Å². The number of morpholine rings is 1. The van der Waals surface area contributed by atoms with Gasteiger partial charge in [-0.3, -0.25) is 9.69 Å². The van der Waals surface area contributed by atoms with Crippen molar-refractivity contribution in [2.24, 2.45) is 0 Å². The lowest BCUT2D eigenvalue weighted by molar-refractivity contribution is -0.132. The lowest BCUT2D eigenvalue weighted by Gasteiger charge is -2.39. The summed E-state index contributed by atoms with van der Waals surface area (Å²) in [6, 6.07) is 7.77. The number of rotatable bonds is 10. The van der Waals surface area contributed by atoms with Crippen LogP contribution in [0.4, 0.5) is 0 Å². The second-order valence-corrected chi connectivity index (χ2v) is 9.87. The van der Waals surface area contributed by atoms with Crippen molar-refractivity contribution in [3.63, 3.8) is 0 Å². The SMILES string of the molecule is C=C(CSC(C)CSc1ccc(C(=O)C(C)(C)N2CCOCC2)cc1)C(=O)O. The van der Waals surface area contributed by atoms with Gasteiger partial charge in [0.1, 0.15) is 0 Å². The molecule has 0 aliphatic carbocycles. The van der Waals surface area contributed by atoms with E-state index in [1.807, 2.05) is 38.1 Å². The molecule has 1 heterocycles. The van der Waals surface area contributed by atoms with Crippen molar-refractivity contribution in [2.75, 3.05) is 37.8 Å². The van der Waals surface area contributed by atoms with Crippen LogP contribution in [0.25, 0.3) is 0 Å². The van der Waals surface area contributed by atoms with E-state index >= 15 is 0 Å². The molecule has 154 valence electrons. The summed E-state index contributed by atoms with van der Waals surface area (Å²) in [5, 5.41) is 9.17. The van der Waals surface area contributed by atoms with Crippen LogP contribution in [-0.4, -0.2) is 70.4 Å². The Morgan fingerprint density at radius 1 is 1.25 bits per heavy atom. The van der Waals surface area contributed by atoms with Crippen LogP contribution in [0.1, 0.15) is 31.1 Å². The average molecular weight is 424 g/mol. The molecule has 1 atom stereocenters. The number of hydrogen-bond acceptors (Lipinski definition) is 6. The number of carbonyl (C=O) groups excluding carboxylic acids is 1. The average Bonchev–Trinajstić information content (AvgIpc) is 2.70. The lowest BCUT2D eigenvalue weighted by atomic mass is 9.91. The number of carbonyl (C=O) groups is 2. The van der Waals surface area contributed by atoms with Gasteiger partial charge in [-0.1, -0.05) is 25.6 Å². The van der Waals surface area contributed by atoms with E-state index < -0.39 is 11.5 Å². The predicted molar refractivity (Wildman–Crippen MR) is 117 cm³/mol. The molecular formula is C21H29NO4S2. The molecule has 0 spiro atoms. The van der Waals surface area contributed by atoms with Gasteiger partial charge >= 0.3 is 5.97 Å². The molecule has 1 fully saturated rings. The Labute approximate surface area is 175 Å². The molecule has 0 radical (unpaired) electrons. The monoisotopic (exact) mass is 423 g/mol. The molecule has 2 rings (SSSR count). The van der Waals surface area contributed by atoms with Crippen LogP contribution < -0.4 is 0 Å². The van der Waals surface area contributed by atoms with Crippen molar-refractivity contribution in [2.45, 2.75) is 36.5 Å². The second-order valence-electron chi connectivity index (χ2n) is 7.35. The number of thioether (sulfide) groups is 2. The quantitative estimate of drug-likeness (QED) is 0.348. The summed E-state index contributed by atoms with van der Waals surface area (Å²) in [6.07, 6.45) is 0. The van der Waals surface area contributed by atoms with Gasteiger partial charge in [-0.15, -0.1) is 11.8 Å². The highest BCUT2D eigenvalue weighted by atomic mass is 32.2. The van der Waals surface area contributed by atoms with Gasteiger partial charge in [-0.2, -0.15) is 11.8 Å². The molecule has 0 aromatic heterocycles. The minimum atomic E-state index is -0.937. The molecule has 0 saturated carbocycles. The summed E-state index contributed by atoms with van der Waals surface area (Å²) in [7, 11) is 0. The maximum atomic E-state index is 13.0. The Balaban J connectivity index is 1.87. The van der Waals surface area contributed by atoms with Crippen molar-refractivity contribution < 1.29 is 19.4 Å². The molecule has 1 aromatic rings. The highest BCUT2D eigenvalue weighted by Crippen LogP contribution is 2.27. The van der Waals surface area contributed by atoms with E-state index in [1.165, 1.54) is 0 Å². The van der Waals surface area contributed by atoms with Gasteiger partial charge in [0, 0.05) is 45.9 Å². The van der Waals surface area contributed by atoms with Crippen molar-refractivity contribution >= 4 is 35.3 Å². The van der Waals surface area contributed by atoms with Crippen LogP contribution >= 0.6 is 23.5 Å². The summed E-state index contributed by atoms with van der Waals surface area (Å²) in [5.41, 5.74) is 0.407. The van der Waals surface area contributed by atoms with E-state index in [9.17, 15) is 9.59 Å². The second kappa shape index (κ2) is 10.5. The molecule has 1 aromatic carbocycles. The van der Waals surface area contributed by atoms with E-state index in [0.29, 0.717) is 24.2 Å². The zero-order valence-corrected chi connectivity index (χ0v) is 18.4. The van der Waals surface area contributed by atoms with Crippen LogP contribution in [0.2, 0.25) is 0 Å². The summed E-state index contributed by atoms with van der Waals surface area (Å²) in [5.74, 6) is 0.486. The highest BCUT2D eigenvalue weighted by molar-refractivity contribution is 8.03. The van der Waals surface area contributed by atoms with Crippen molar-refractivity contribution in [3.8, 4) is 0 Å². The topological polar surface area (TPSA) is 66.8 Å². The molecule has 1 saturated heterocycles. The van der Waals surface area contributed by atoms with E-state index in [4.69, 9.17) is 9.84 Å². The standard InChI is InChI=1S/C21H29NO4S2/c1-15(20(24)25)13-27-16(2)14-28-18-7-5-17(6-8-18)19(23)21(3,4)22-9-11-26-12-10-22/h5-8,16H,1,9-14H2,2-4H3,(H,24,25). The van der Waals surface area contributed by atoms with E-state index in [2.05, 4.69) is 18.4 Å². The number of aliphatic carboxylic acids is 1. The fraction of sp³-hybridized carbons (Fsp3) is 0.524. The maximum absolute atomic E-state index is 13.0. The number of carboxylic acid groups (broad SMARTS) is 1. The summed E-state index contributed by atoms with van der Waals surface area (Å²) < 4.78 is 5.39. The van der Waals surface area contributed by atoms with Crippen LogP contribution in [0.15, 0.2) is 41.3 Å². The van der Waals surface area contributed by atoms with Gasteiger partial charge < -0.3 is 9.84 Å². The van der Waals surface area contributed by atoms with Gasteiger partial charge in [0.25, 0.3) is 0 Å². The first-order valence-electron chi connectivity index (χ1n) is 9.35. The van der Waals surface area contributed by atoms with Crippen LogP contribution in [0, 0.1) is 0 Å². The third-order valence-corrected chi connectivity index (χ3v) is 7.54. The molecule has 28 heavy (non-hydrogen) atoms. The Morgan fingerprint density at radius 3 is 2.43 bits per heavy atom. The normalized spacial score (nSPS) is 16.5. The summed E-state index contributed by atoms with van der Waals surface area (Å²) in [6.45, 7) is 12.5. The zero-order chi connectivity index (χ0) is 20.7. The molecule has 0 bridgehead atoms. The van der Waals surface area contributed by atoms with Gasteiger partial charge in [-0.05, 0) is 26.0 Å². The third-order valence-electron chi connectivity index (χ3n) is 4.80. The molecule has 1 aliphatic rings. The smallest absolute Gasteiger partial charge is 0.331 e. The fourth-order valence-corrected chi connectivity index (χ4v) is 4.84. The van der Waals surface area contributed by atoms with Crippen molar-refractivity contribution in [1.82, 2.24) is 4.90 Å². The summed E-state index contributed by atoms with van der Waals surface area (Å²) in [4.78, 5) is 27.1. The molecule has 5 nitrogen and oxygen atoms in total. The largest absolute Gasteiger partial charge is 0.478 e. The Morgan fingerprint density at radius 2 is 1.86 bits per heavy atom. The number of carboxylic acids is 1. The van der Waals surface area contributed by atoms with Crippen LogP contribution in [-0.2, 0) is 9.53 Å². The first-order chi connectivity index (χ1) is 13.2. The first kappa shape index (κ1) is 23.0. The molecule has 7 heteroatoms. The Kier molecular flexibility index (Phi) is 8.61. The van der Waals surface area contributed by atoms with Crippen molar-refractivity contribution in [3.05, 3.63) is 42.0 Å². The maximum Gasteiger partial charge on any atom is 0.331 e. The Bertz CT molecular complexity index is 697. The number of hydrogen-bond donors (Lipinski definition) is 1. The van der Waals surface area contributed by atoms with Gasteiger partial charge in [-0.25, -0.2) is 4.79 Å². The van der Waals surface area contributed by atoms with Gasteiger partial charge in [0.2, 0.25) is 0 Å². The van der Waals surface area contributed by atoms with Crippen LogP contribution in [0.3, 0.4) is 0 Å². The van der Waals surface area contributed by atoms with Crippen molar-refractivity contribution in [1.29, 1.82) is 0 Å². The minimum absolute atomic E-state index is 0.127. The molecule has 1 unspecified atom stereocenters. The number of ether oxygens (including phenoxy) is 1. The fourth-order valence-electron chi connectivity index (χ4n) is 2.89. The molecule has 1 N–H and O–H groups in total. The molecule has 1 aliphatic heterocycles. The minimum Gasteiger partial charge on any atom is -0.478 e. The number of benzene rings is 1. The molecular weight excluding hydrogens is 394 g/mol. The number of nitrogens with zero attached hydrogens (tertiary/aromatic N) is 1. The molecule has 0 amide bonds. The number of ketones is 1.